The number of carbonyl (C=O) groups excluding carboxylic acids is 2. The number of esters is 1. The summed E-state index contributed by atoms with van der Waals surface area (Å²) in [4.78, 5) is 31.2. The van der Waals surface area contributed by atoms with E-state index in [4.69, 9.17) is 28.4 Å². The maximum atomic E-state index is 14.5. The van der Waals surface area contributed by atoms with Crippen LogP contribution in [0.25, 0.3) is 0 Å². The lowest BCUT2D eigenvalue weighted by molar-refractivity contribution is -0.318. The van der Waals surface area contributed by atoms with Crippen molar-refractivity contribution in [3.8, 4) is 0 Å². The molecule has 2 amide bonds. The number of aliphatic hydroxyl groups is 5. The molecular formula is C45H84N4O13. The van der Waals surface area contributed by atoms with Gasteiger partial charge in [0.1, 0.15) is 30.0 Å². The van der Waals surface area contributed by atoms with Crippen molar-refractivity contribution in [2.24, 2.45) is 17.8 Å². The van der Waals surface area contributed by atoms with Crippen LogP contribution in [0.15, 0.2) is 0 Å². The molecule has 0 radical (unpaired) electrons. The second kappa shape index (κ2) is 22.2. The molecule has 3 aliphatic heterocycles. The summed E-state index contributed by atoms with van der Waals surface area (Å²) in [6.07, 6.45) is -4.89. The summed E-state index contributed by atoms with van der Waals surface area (Å²) in [6.45, 7) is 18.4. The molecule has 1 saturated carbocycles. The standard InChI is InChI=1S/C45H84N4O13/c1-14-33-45(10,56)37(51)29(6)49(20-19-46-42(54)47-31-17-15-16-18-31)24-25(2)22-43(8,55)39(62-41-35(50)32(48(11)12)21-26(3)58-41)27(4)36(28(5)40(53)60-33)61-34-23-44(9,57-13)38(52)30(7)59-34/h25-39,41,50-52,55-56H,14-24H2,1-13H3,(H2,46,47,54)/t25-,26-,27-,28-,29-,30+,32+,33-,34-,35-,36-,37-,38+,39+,41+,43-,44-,45-/m1/s1. The molecular weight excluding hydrogens is 805 g/mol. The van der Waals surface area contributed by atoms with E-state index in [1.54, 1.807) is 41.5 Å². The molecule has 362 valence electrons. The Morgan fingerprint density at radius 2 is 1.60 bits per heavy atom. The van der Waals surface area contributed by atoms with Crippen LogP contribution in [0.5, 0.6) is 0 Å². The normalized spacial score (nSPS) is 45.0. The lowest BCUT2D eigenvalue weighted by Crippen LogP contribution is -2.60. The smallest absolute Gasteiger partial charge is 0.315 e. The van der Waals surface area contributed by atoms with Crippen LogP contribution in [-0.2, 0) is 33.2 Å². The molecule has 7 N–H and O–H groups in total. The van der Waals surface area contributed by atoms with Gasteiger partial charge < -0.3 is 69.5 Å². The van der Waals surface area contributed by atoms with E-state index in [1.807, 2.05) is 44.7 Å². The number of cyclic esters (lactones) is 1. The summed E-state index contributed by atoms with van der Waals surface area (Å²) in [5, 5.41) is 65.6. The molecule has 18 atom stereocenters. The average molecular weight is 889 g/mol. The Kier molecular flexibility index (Phi) is 18.9. The molecule has 0 bridgehead atoms. The van der Waals surface area contributed by atoms with Gasteiger partial charge in [-0.25, -0.2) is 4.79 Å². The van der Waals surface area contributed by atoms with E-state index in [0.717, 1.165) is 25.7 Å². The fourth-order valence-corrected chi connectivity index (χ4v) is 10.5. The third kappa shape index (κ3) is 12.8. The van der Waals surface area contributed by atoms with Crippen molar-refractivity contribution in [2.75, 3.05) is 40.8 Å². The molecule has 3 heterocycles. The van der Waals surface area contributed by atoms with Crippen LogP contribution in [-0.4, -0.2) is 185 Å². The van der Waals surface area contributed by atoms with Crippen molar-refractivity contribution in [2.45, 2.75) is 217 Å². The molecule has 3 saturated heterocycles. The van der Waals surface area contributed by atoms with E-state index in [1.165, 1.54) is 14.0 Å². The first-order valence-corrected chi connectivity index (χ1v) is 23.2. The van der Waals surface area contributed by atoms with Crippen molar-refractivity contribution in [1.82, 2.24) is 20.4 Å². The molecule has 0 aromatic heterocycles. The van der Waals surface area contributed by atoms with Gasteiger partial charge in [-0.1, -0.05) is 33.6 Å². The summed E-state index contributed by atoms with van der Waals surface area (Å²) < 4.78 is 37.9. The van der Waals surface area contributed by atoms with E-state index in [2.05, 4.69) is 10.6 Å². The van der Waals surface area contributed by atoms with Crippen molar-refractivity contribution in [3.63, 3.8) is 0 Å². The summed E-state index contributed by atoms with van der Waals surface area (Å²) in [5.74, 6) is -2.86. The number of aliphatic hydroxyl groups excluding tert-OH is 3. The topological polar surface area (TPSA) is 221 Å². The Morgan fingerprint density at radius 3 is 2.19 bits per heavy atom. The highest BCUT2D eigenvalue weighted by Crippen LogP contribution is 2.40. The van der Waals surface area contributed by atoms with Crippen LogP contribution in [0.1, 0.15) is 121 Å². The van der Waals surface area contributed by atoms with Gasteiger partial charge in [0, 0.05) is 57.2 Å². The lowest BCUT2D eigenvalue weighted by atomic mass is 9.77. The minimum atomic E-state index is -1.91. The Morgan fingerprint density at radius 1 is 0.952 bits per heavy atom. The van der Waals surface area contributed by atoms with E-state index >= 15 is 0 Å². The Labute approximate surface area is 370 Å². The second-order valence-electron chi connectivity index (χ2n) is 20.1. The number of amides is 2. The molecule has 0 aromatic carbocycles. The average Bonchev–Trinajstić information content (AvgIpc) is 3.71. The Bertz CT molecular complexity index is 1420. The number of ether oxygens (including phenoxy) is 6. The highest BCUT2D eigenvalue weighted by atomic mass is 16.7. The van der Waals surface area contributed by atoms with Crippen molar-refractivity contribution < 1.29 is 63.5 Å². The maximum absolute atomic E-state index is 14.5. The number of methoxy groups -OCH3 is 1. The number of nitrogens with one attached hydrogen (secondary N) is 2. The van der Waals surface area contributed by atoms with Crippen LogP contribution in [0.3, 0.4) is 0 Å². The molecule has 4 fully saturated rings. The number of hydrogen-bond donors (Lipinski definition) is 7. The maximum Gasteiger partial charge on any atom is 0.315 e. The molecule has 17 nitrogen and oxygen atoms in total. The van der Waals surface area contributed by atoms with Crippen LogP contribution < -0.4 is 10.6 Å². The number of nitrogens with zero attached hydrogens (tertiary/aromatic N) is 2. The quantitative estimate of drug-likeness (QED) is 0.148. The first-order chi connectivity index (χ1) is 28.9. The minimum Gasteiger partial charge on any atom is -0.459 e. The van der Waals surface area contributed by atoms with Gasteiger partial charge in [-0.2, -0.15) is 0 Å². The third-order valence-electron chi connectivity index (χ3n) is 14.4. The molecule has 1 aliphatic carbocycles. The predicted molar refractivity (Wildman–Crippen MR) is 232 cm³/mol. The number of rotatable bonds is 11. The van der Waals surface area contributed by atoms with Gasteiger partial charge >= 0.3 is 12.0 Å². The van der Waals surface area contributed by atoms with E-state index in [0.29, 0.717) is 19.5 Å². The lowest BCUT2D eigenvalue weighted by Gasteiger charge is -2.48. The van der Waals surface area contributed by atoms with Crippen LogP contribution >= 0.6 is 0 Å². The Hall–Kier alpha value is -1.74. The highest BCUT2D eigenvalue weighted by molar-refractivity contribution is 5.74. The highest BCUT2D eigenvalue weighted by Gasteiger charge is 2.53. The summed E-state index contributed by atoms with van der Waals surface area (Å²) >= 11 is 0. The molecule has 0 spiro atoms. The summed E-state index contributed by atoms with van der Waals surface area (Å²) in [6, 6.07) is -1.13. The van der Waals surface area contributed by atoms with Crippen molar-refractivity contribution in [3.05, 3.63) is 0 Å². The first-order valence-electron chi connectivity index (χ1n) is 23.2. The SMILES string of the molecule is CC[C@H]1OC(=O)[C@H](C)[C@H](O[C@@H]2C[C@@](C)(OC)[C@@H](O)[C@H](C)O2)[C@@H](C)[C@H](O[C@@H]2O[C@H](C)C[C@H](N(C)C)[C@H]2O)[C@](C)(O)C[C@@H](C)CN(CCNC(=O)NC2CCCC2)[C@H](C)[C@@H](O)[C@]1(C)O. The molecule has 0 aromatic rings. The molecule has 62 heavy (non-hydrogen) atoms. The molecule has 4 aliphatic rings. The van der Waals surface area contributed by atoms with Crippen molar-refractivity contribution >= 4 is 12.0 Å². The van der Waals surface area contributed by atoms with Gasteiger partial charge in [0.05, 0.1) is 41.5 Å². The van der Waals surface area contributed by atoms with Gasteiger partial charge in [0.15, 0.2) is 12.6 Å². The number of urea groups is 1. The van der Waals surface area contributed by atoms with Gasteiger partial charge in [0.25, 0.3) is 0 Å². The van der Waals surface area contributed by atoms with E-state index < -0.39 is 96.0 Å². The van der Waals surface area contributed by atoms with E-state index in [9.17, 15) is 35.1 Å². The summed E-state index contributed by atoms with van der Waals surface area (Å²) in [7, 11) is 5.26. The minimum absolute atomic E-state index is 0.106. The fourth-order valence-electron chi connectivity index (χ4n) is 10.5. The largest absolute Gasteiger partial charge is 0.459 e. The first kappa shape index (κ1) is 52.9. The monoisotopic (exact) mass is 889 g/mol. The molecule has 17 heteroatoms. The van der Waals surface area contributed by atoms with Crippen molar-refractivity contribution in [1.29, 1.82) is 0 Å². The number of carbonyl (C=O) groups is 2. The molecule has 4 rings (SSSR count). The summed E-state index contributed by atoms with van der Waals surface area (Å²) in [5.41, 5.74) is -4.61. The fraction of sp³-hybridized carbons (Fsp3) is 0.956. The predicted octanol–water partition coefficient (Wildman–Crippen LogP) is 2.51. The molecule has 0 unspecified atom stereocenters. The van der Waals surface area contributed by atoms with Gasteiger partial charge in [-0.05, 0) is 101 Å². The van der Waals surface area contributed by atoms with Crippen LogP contribution in [0.4, 0.5) is 4.79 Å². The number of likely N-dealkylation sites (N-methyl/N-ethyl adjacent to an activating group) is 1. The van der Waals surface area contributed by atoms with Crippen LogP contribution in [0, 0.1) is 17.8 Å². The Balaban J connectivity index is 1.77. The zero-order chi connectivity index (χ0) is 46.5. The number of hydrogen-bond acceptors (Lipinski definition) is 15. The second-order valence-corrected chi connectivity index (χ2v) is 20.1. The van der Waals surface area contributed by atoms with Gasteiger partial charge in [0.2, 0.25) is 0 Å². The zero-order valence-corrected chi connectivity index (χ0v) is 39.9. The third-order valence-corrected chi connectivity index (χ3v) is 14.4. The van der Waals surface area contributed by atoms with Gasteiger partial charge in [-0.15, -0.1) is 0 Å². The van der Waals surface area contributed by atoms with Crippen LogP contribution in [0.2, 0.25) is 0 Å². The van der Waals surface area contributed by atoms with Gasteiger partial charge in [-0.3, -0.25) is 9.69 Å². The van der Waals surface area contributed by atoms with E-state index in [-0.39, 0.29) is 55.9 Å². The zero-order valence-electron chi connectivity index (χ0n) is 39.9.